The van der Waals surface area contributed by atoms with E-state index in [9.17, 15) is 24.6 Å². The topological polar surface area (TPSA) is 101 Å². The molecule has 1 fully saturated rings. The van der Waals surface area contributed by atoms with Gasteiger partial charge in [-0.15, -0.1) is 0 Å². The van der Waals surface area contributed by atoms with Gasteiger partial charge in [0.25, 0.3) is 0 Å². The van der Waals surface area contributed by atoms with Gasteiger partial charge in [0.2, 0.25) is 0 Å². The lowest BCUT2D eigenvalue weighted by Gasteiger charge is -2.28. The fourth-order valence-electron chi connectivity index (χ4n) is 3.81. The maximum atomic E-state index is 12.9. The first-order valence-corrected chi connectivity index (χ1v) is 10.1. The first-order chi connectivity index (χ1) is 13.9. The lowest BCUT2D eigenvalue weighted by atomic mass is 9.77. The highest BCUT2D eigenvalue weighted by molar-refractivity contribution is 6.11. The third-order valence-electron chi connectivity index (χ3n) is 5.64. The van der Waals surface area contributed by atoms with Crippen molar-refractivity contribution in [1.29, 1.82) is 0 Å². The molecule has 2 N–H and O–H groups in total. The van der Waals surface area contributed by atoms with Crippen molar-refractivity contribution in [2.24, 2.45) is 11.8 Å². The molecule has 6 nitrogen and oxygen atoms in total. The molecule has 0 spiro atoms. The average Bonchev–Trinajstić information content (AvgIpc) is 2.82. The minimum atomic E-state index is -1.01. The maximum Gasteiger partial charge on any atom is 0.317 e. The van der Waals surface area contributed by atoms with Gasteiger partial charge in [-0.05, 0) is 71.2 Å². The smallest absolute Gasteiger partial charge is 0.317 e. The molecule has 1 aliphatic heterocycles. The van der Waals surface area contributed by atoms with Crippen LogP contribution in [0.25, 0.3) is 0 Å². The Hall–Kier alpha value is -2.89. The van der Waals surface area contributed by atoms with Crippen LogP contribution in [0.1, 0.15) is 64.2 Å². The zero-order chi connectivity index (χ0) is 22.6. The molecule has 0 saturated carbocycles. The molecule has 1 aliphatic rings. The monoisotopic (exact) mass is 414 g/mol. The van der Waals surface area contributed by atoms with Crippen molar-refractivity contribution in [1.82, 2.24) is 0 Å². The predicted molar refractivity (Wildman–Crippen MR) is 113 cm³/mol. The maximum absolute atomic E-state index is 12.9. The number of aromatic hydroxyl groups is 2. The van der Waals surface area contributed by atoms with E-state index in [-0.39, 0.29) is 28.8 Å². The molecule has 1 aromatic rings. The number of ether oxygens (including phenoxy) is 1. The second-order valence-corrected chi connectivity index (χ2v) is 8.53. The van der Waals surface area contributed by atoms with Crippen molar-refractivity contribution in [3.05, 3.63) is 47.1 Å². The van der Waals surface area contributed by atoms with Gasteiger partial charge in [0.15, 0.2) is 11.6 Å². The number of hydrogen-bond acceptors (Lipinski definition) is 6. The number of ketones is 2. The number of phenols is 2. The third kappa shape index (κ3) is 5.38. The Balaban J connectivity index is 2.06. The fraction of sp³-hybridized carbons (Fsp3) is 0.458. The minimum Gasteiger partial charge on any atom is -0.508 e. The summed E-state index contributed by atoms with van der Waals surface area (Å²) in [7, 11) is 0. The van der Waals surface area contributed by atoms with Gasteiger partial charge in [0.1, 0.15) is 23.0 Å². The summed E-state index contributed by atoms with van der Waals surface area (Å²) >= 11 is 0. The summed E-state index contributed by atoms with van der Waals surface area (Å²) < 4.78 is 5.61. The van der Waals surface area contributed by atoms with Crippen LogP contribution >= 0.6 is 0 Å². The van der Waals surface area contributed by atoms with E-state index in [0.717, 1.165) is 17.2 Å². The molecular formula is C24H30O6. The van der Waals surface area contributed by atoms with Gasteiger partial charge in [-0.3, -0.25) is 14.4 Å². The van der Waals surface area contributed by atoms with Crippen LogP contribution < -0.4 is 0 Å². The highest BCUT2D eigenvalue weighted by atomic mass is 16.6. The SMILES string of the molecule is CC(C)=CC(=O)/C=C(/C)CCC[C@@]1(C)OC(=O)[C@H](C(=O)c2ccc(O)cc2O)[C@H]1C. The fourth-order valence-corrected chi connectivity index (χ4v) is 3.81. The molecule has 30 heavy (non-hydrogen) atoms. The van der Waals surface area contributed by atoms with E-state index in [2.05, 4.69) is 0 Å². The first-order valence-electron chi connectivity index (χ1n) is 10.1. The number of esters is 1. The number of carbonyl (C=O) groups is 3. The molecule has 1 aromatic carbocycles. The molecule has 0 unspecified atom stereocenters. The Kier molecular flexibility index (Phi) is 7.24. The van der Waals surface area contributed by atoms with E-state index in [4.69, 9.17) is 4.74 Å². The summed E-state index contributed by atoms with van der Waals surface area (Å²) in [6, 6.07) is 3.67. The molecule has 162 valence electrons. The quantitative estimate of drug-likeness (QED) is 0.281. The largest absolute Gasteiger partial charge is 0.508 e. The molecule has 1 heterocycles. The van der Waals surface area contributed by atoms with Gasteiger partial charge in [-0.2, -0.15) is 0 Å². The minimum absolute atomic E-state index is 0.0117. The number of allylic oxidation sites excluding steroid dienone is 4. The molecule has 6 heteroatoms. The second kappa shape index (κ2) is 9.28. The Labute approximate surface area is 177 Å². The summed E-state index contributed by atoms with van der Waals surface area (Å²) in [5.41, 5.74) is 1.06. The van der Waals surface area contributed by atoms with E-state index in [1.165, 1.54) is 12.1 Å². The number of phenolic OH excluding ortho intramolecular Hbond substituents is 2. The van der Waals surface area contributed by atoms with Crippen LogP contribution in [0.4, 0.5) is 0 Å². The number of Topliss-reactive ketones (excluding diaryl/α,β-unsaturated/α-hetero) is 1. The molecule has 2 rings (SSSR count). The highest BCUT2D eigenvalue weighted by Gasteiger charge is 2.53. The van der Waals surface area contributed by atoms with Crippen molar-refractivity contribution in [3.63, 3.8) is 0 Å². The molecule has 3 atom stereocenters. The predicted octanol–water partition coefficient (Wildman–Crippen LogP) is 4.50. The van der Waals surface area contributed by atoms with E-state index in [1.54, 1.807) is 19.1 Å². The van der Waals surface area contributed by atoms with E-state index >= 15 is 0 Å². The zero-order valence-corrected chi connectivity index (χ0v) is 18.2. The van der Waals surface area contributed by atoms with Crippen LogP contribution in [-0.2, 0) is 14.3 Å². The normalized spacial score (nSPS) is 23.8. The number of carbonyl (C=O) groups excluding carboxylic acids is 3. The summed E-state index contributed by atoms with van der Waals surface area (Å²) in [5.74, 6) is -3.09. The van der Waals surface area contributed by atoms with Gasteiger partial charge in [0, 0.05) is 12.0 Å². The molecule has 0 aromatic heterocycles. The number of hydrogen-bond donors (Lipinski definition) is 2. The molecule has 1 saturated heterocycles. The third-order valence-corrected chi connectivity index (χ3v) is 5.64. The molecule has 0 aliphatic carbocycles. The Morgan fingerprint density at radius 1 is 1.17 bits per heavy atom. The van der Waals surface area contributed by atoms with Crippen molar-refractivity contribution >= 4 is 17.5 Å². The van der Waals surface area contributed by atoms with Crippen LogP contribution in [0, 0.1) is 11.8 Å². The van der Waals surface area contributed by atoms with Gasteiger partial charge >= 0.3 is 5.97 Å². The lowest BCUT2D eigenvalue weighted by molar-refractivity contribution is -0.149. The molecule has 0 amide bonds. The Morgan fingerprint density at radius 2 is 1.83 bits per heavy atom. The summed E-state index contributed by atoms with van der Waals surface area (Å²) in [5, 5.41) is 19.4. The Bertz CT molecular complexity index is 906. The van der Waals surface area contributed by atoms with E-state index in [0.29, 0.717) is 19.3 Å². The highest BCUT2D eigenvalue weighted by Crippen LogP contribution is 2.43. The van der Waals surface area contributed by atoms with Gasteiger partial charge < -0.3 is 14.9 Å². The molecule has 0 radical (unpaired) electrons. The van der Waals surface area contributed by atoms with Gasteiger partial charge in [-0.25, -0.2) is 0 Å². The van der Waals surface area contributed by atoms with Crippen LogP contribution in [-0.4, -0.2) is 33.3 Å². The van der Waals surface area contributed by atoms with Gasteiger partial charge in [0.05, 0.1) is 5.56 Å². The summed E-state index contributed by atoms with van der Waals surface area (Å²) in [6.45, 7) is 9.24. The van der Waals surface area contributed by atoms with Crippen LogP contribution in [0.3, 0.4) is 0 Å². The van der Waals surface area contributed by atoms with Crippen molar-refractivity contribution in [3.8, 4) is 11.5 Å². The summed E-state index contributed by atoms with van der Waals surface area (Å²) in [6.07, 6.45) is 5.12. The van der Waals surface area contributed by atoms with Crippen LogP contribution in [0.15, 0.2) is 41.5 Å². The standard InChI is InChI=1S/C24H30O6/c1-14(2)11-18(26)12-15(3)7-6-10-24(5)16(4)21(23(29)30-24)22(28)19-9-8-17(25)13-20(19)27/h8-9,11-13,16,21,25,27H,6-7,10H2,1-5H3/b15-12-/t16-,21+,24-/m1/s1. The summed E-state index contributed by atoms with van der Waals surface area (Å²) in [4.78, 5) is 37.2. The number of benzene rings is 1. The second-order valence-electron chi connectivity index (χ2n) is 8.53. The van der Waals surface area contributed by atoms with Crippen molar-refractivity contribution in [2.75, 3.05) is 0 Å². The Morgan fingerprint density at radius 3 is 2.43 bits per heavy atom. The average molecular weight is 414 g/mol. The van der Waals surface area contributed by atoms with E-state index < -0.39 is 23.3 Å². The van der Waals surface area contributed by atoms with Crippen molar-refractivity contribution in [2.45, 2.75) is 59.5 Å². The number of rotatable bonds is 8. The van der Waals surface area contributed by atoms with Crippen LogP contribution in [0.2, 0.25) is 0 Å². The van der Waals surface area contributed by atoms with Gasteiger partial charge in [-0.1, -0.05) is 18.1 Å². The number of cyclic esters (lactones) is 1. The first kappa shape index (κ1) is 23.4. The molecule has 0 bridgehead atoms. The lowest BCUT2D eigenvalue weighted by Crippen LogP contribution is -2.33. The van der Waals surface area contributed by atoms with E-state index in [1.807, 2.05) is 27.7 Å². The zero-order valence-electron chi connectivity index (χ0n) is 18.2. The van der Waals surface area contributed by atoms with Crippen LogP contribution in [0.5, 0.6) is 11.5 Å². The van der Waals surface area contributed by atoms with Crippen molar-refractivity contribution < 1.29 is 29.3 Å². The molecular weight excluding hydrogens is 384 g/mol.